The van der Waals surface area contributed by atoms with Crippen molar-refractivity contribution in [2.45, 2.75) is 32.3 Å². The number of aliphatic carboxylic acids is 1. The first kappa shape index (κ1) is 19.4. The number of carbonyl (C=O) groups is 3. The third-order valence-electron chi connectivity index (χ3n) is 4.35. The Hall–Kier alpha value is -3.41. The average Bonchev–Trinajstić information content (AvgIpc) is 2.95. The van der Waals surface area contributed by atoms with Gasteiger partial charge in [-0.05, 0) is 55.3 Å². The number of ether oxygens (including phenoxy) is 1. The van der Waals surface area contributed by atoms with Crippen LogP contribution in [-0.2, 0) is 14.4 Å². The molecule has 1 saturated heterocycles. The molecule has 1 N–H and O–H groups in total. The molecule has 0 spiro atoms. The molecule has 0 saturated carbocycles. The summed E-state index contributed by atoms with van der Waals surface area (Å²) in [5, 5.41) is 8.75. The van der Waals surface area contributed by atoms with Gasteiger partial charge >= 0.3 is 5.97 Å². The molecule has 2 amide bonds. The summed E-state index contributed by atoms with van der Waals surface area (Å²) in [6.45, 7) is 3.87. The van der Waals surface area contributed by atoms with E-state index in [1.54, 1.807) is 36.4 Å². The lowest BCUT2D eigenvalue weighted by molar-refractivity contribution is -0.131. The lowest BCUT2D eigenvalue weighted by atomic mass is 9.97. The summed E-state index contributed by atoms with van der Waals surface area (Å²) in [6.07, 6.45) is 2.58. The Morgan fingerprint density at radius 1 is 1.18 bits per heavy atom. The quantitative estimate of drug-likeness (QED) is 0.612. The number of hydrogen-bond acceptors (Lipinski definition) is 4. The number of carbonyl (C=O) groups excluding carboxylic acids is 2. The normalized spacial score (nSPS) is 17.0. The van der Waals surface area contributed by atoms with Gasteiger partial charge in [0.05, 0.1) is 17.7 Å². The van der Waals surface area contributed by atoms with Crippen LogP contribution >= 0.6 is 0 Å². The fourth-order valence-corrected chi connectivity index (χ4v) is 3.15. The van der Waals surface area contributed by atoms with Gasteiger partial charge in [-0.1, -0.05) is 24.3 Å². The van der Waals surface area contributed by atoms with Gasteiger partial charge in [0.15, 0.2) is 0 Å². The maximum atomic E-state index is 12.9. The second kappa shape index (κ2) is 8.08. The van der Waals surface area contributed by atoms with Crippen LogP contribution in [0.5, 0.6) is 5.75 Å². The van der Waals surface area contributed by atoms with Gasteiger partial charge in [-0.15, -0.1) is 0 Å². The summed E-state index contributed by atoms with van der Waals surface area (Å²) in [7, 11) is 0. The second-order valence-corrected chi connectivity index (χ2v) is 6.83. The minimum absolute atomic E-state index is 0.0542. The van der Waals surface area contributed by atoms with Crippen molar-refractivity contribution in [1.29, 1.82) is 0 Å². The van der Waals surface area contributed by atoms with E-state index in [1.165, 1.54) is 11.0 Å². The van der Waals surface area contributed by atoms with Crippen LogP contribution in [0.25, 0.3) is 6.08 Å². The number of hydrogen-bond donors (Lipinski definition) is 1. The van der Waals surface area contributed by atoms with E-state index in [-0.39, 0.29) is 24.3 Å². The summed E-state index contributed by atoms with van der Waals surface area (Å²) < 4.78 is 5.61. The van der Waals surface area contributed by atoms with Gasteiger partial charge in [-0.25, -0.2) is 9.69 Å². The van der Waals surface area contributed by atoms with E-state index in [2.05, 4.69) is 0 Å². The number of imide groups is 1. The van der Waals surface area contributed by atoms with Crippen molar-refractivity contribution < 1.29 is 24.2 Å². The number of anilines is 1. The van der Waals surface area contributed by atoms with Crippen LogP contribution in [0, 0.1) is 0 Å². The maximum absolute atomic E-state index is 12.9. The van der Waals surface area contributed by atoms with Gasteiger partial charge in [0.2, 0.25) is 11.8 Å². The van der Waals surface area contributed by atoms with Crippen molar-refractivity contribution in [1.82, 2.24) is 0 Å². The number of nitrogens with zero attached hydrogens (tertiary/aromatic N) is 1. The highest BCUT2D eigenvalue weighted by Gasteiger charge is 2.40. The molecule has 2 aromatic carbocycles. The predicted octanol–water partition coefficient (Wildman–Crippen LogP) is 3.62. The summed E-state index contributed by atoms with van der Waals surface area (Å²) >= 11 is 0. The predicted molar refractivity (Wildman–Crippen MR) is 105 cm³/mol. The Kier molecular flexibility index (Phi) is 5.59. The van der Waals surface area contributed by atoms with E-state index in [0.29, 0.717) is 17.0 Å². The fraction of sp³-hybridized carbons (Fsp3) is 0.227. The van der Waals surface area contributed by atoms with Gasteiger partial charge in [-0.3, -0.25) is 9.59 Å². The SMILES string of the molecule is CC(C)Oc1ccc([C@H]2CC(=O)N(c3cccc(C=CC(=O)O)c3)C2=O)cc1. The van der Waals surface area contributed by atoms with Gasteiger partial charge in [0.1, 0.15) is 5.75 Å². The van der Waals surface area contributed by atoms with Crippen LogP contribution in [0.4, 0.5) is 5.69 Å². The molecule has 144 valence electrons. The minimum Gasteiger partial charge on any atom is -0.491 e. The molecule has 28 heavy (non-hydrogen) atoms. The van der Waals surface area contributed by atoms with E-state index >= 15 is 0 Å². The van der Waals surface area contributed by atoms with E-state index in [0.717, 1.165) is 11.6 Å². The Bertz CT molecular complexity index is 930. The number of rotatable bonds is 6. The van der Waals surface area contributed by atoms with E-state index in [4.69, 9.17) is 9.84 Å². The molecule has 3 rings (SSSR count). The molecule has 1 aliphatic rings. The Morgan fingerprint density at radius 2 is 1.89 bits per heavy atom. The lowest BCUT2D eigenvalue weighted by Crippen LogP contribution is -2.30. The maximum Gasteiger partial charge on any atom is 0.328 e. The summed E-state index contributed by atoms with van der Waals surface area (Å²) in [5.41, 5.74) is 1.79. The van der Waals surface area contributed by atoms with Crippen molar-refractivity contribution in [2.75, 3.05) is 4.90 Å². The van der Waals surface area contributed by atoms with Crippen molar-refractivity contribution in [3.05, 3.63) is 65.7 Å². The zero-order chi connectivity index (χ0) is 20.3. The average molecular weight is 379 g/mol. The molecule has 2 aromatic rings. The Balaban J connectivity index is 1.82. The molecule has 0 radical (unpaired) electrons. The fourth-order valence-electron chi connectivity index (χ4n) is 3.15. The second-order valence-electron chi connectivity index (χ2n) is 6.83. The molecular formula is C22H21NO5. The molecule has 1 fully saturated rings. The largest absolute Gasteiger partial charge is 0.491 e. The van der Waals surface area contributed by atoms with Crippen LogP contribution < -0.4 is 9.64 Å². The molecule has 6 heteroatoms. The molecule has 1 atom stereocenters. The van der Waals surface area contributed by atoms with Crippen LogP contribution in [0.1, 0.15) is 37.3 Å². The first-order valence-corrected chi connectivity index (χ1v) is 8.99. The topological polar surface area (TPSA) is 83.9 Å². The first-order chi connectivity index (χ1) is 13.3. The van der Waals surface area contributed by atoms with Gasteiger partial charge in [0, 0.05) is 12.5 Å². The molecule has 6 nitrogen and oxygen atoms in total. The molecule has 0 aliphatic carbocycles. The third kappa shape index (κ3) is 4.28. The summed E-state index contributed by atoms with van der Waals surface area (Å²) in [6, 6.07) is 13.9. The third-order valence-corrected chi connectivity index (χ3v) is 4.35. The molecule has 0 bridgehead atoms. The van der Waals surface area contributed by atoms with E-state index in [1.807, 2.05) is 26.0 Å². The molecular weight excluding hydrogens is 358 g/mol. The summed E-state index contributed by atoms with van der Waals surface area (Å²) in [5.74, 6) is -1.47. The molecule has 1 aliphatic heterocycles. The highest BCUT2D eigenvalue weighted by atomic mass is 16.5. The number of carboxylic acid groups (broad SMARTS) is 1. The number of benzene rings is 2. The van der Waals surface area contributed by atoms with Crippen LogP contribution in [0.15, 0.2) is 54.6 Å². The van der Waals surface area contributed by atoms with Crippen LogP contribution in [0.2, 0.25) is 0 Å². The standard InChI is InChI=1S/C22H21NO5/c1-14(2)28-18-9-7-16(8-10-18)19-13-20(24)23(22(19)27)17-5-3-4-15(12-17)6-11-21(25)26/h3-12,14,19H,13H2,1-2H3,(H,25,26)/t19-/m1/s1. The highest BCUT2D eigenvalue weighted by molar-refractivity contribution is 6.22. The van der Waals surface area contributed by atoms with E-state index < -0.39 is 11.9 Å². The molecule has 1 heterocycles. The lowest BCUT2D eigenvalue weighted by Gasteiger charge is -2.16. The van der Waals surface area contributed by atoms with Crippen molar-refractivity contribution in [3.63, 3.8) is 0 Å². The van der Waals surface area contributed by atoms with Gasteiger partial charge in [-0.2, -0.15) is 0 Å². The molecule has 0 unspecified atom stereocenters. The zero-order valence-corrected chi connectivity index (χ0v) is 15.7. The monoisotopic (exact) mass is 379 g/mol. The van der Waals surface area contributed by atoms with Crippen LogP contribution in [-0.4, -0.2) is 29.0 Å². The van der Waals surface area contributed by atoms with Gasteiger partial charge in [0.25, 0.3) is 0 Å². The first-order valence-electron chi connectivity index (χ1n) is 8.99. The minimum atomic E-state index is -1.07. The summed E-state index contributed by atoms with van der Waals surface area (Å²) in [4.78, 5) is 37.3. The Morgan fingerprint density at radius 3 is 2.54 bits per heavy atom. The Labute approximate surface area is 163 Å². The number of amides is 2. The van der Waals surface area contributed by atoms with Crippen molar-refractivity contribution in [3.8, 4) is 5.75 Å². The van der Waals surface area contributed by atoms with Crippen molar-refractivity contribution in [2.24, 2.45) is 0 Å². The highest BCUT2D eigenvalue weighted by Crippen LogP contribution is 2.34. The zero-order valence-electron chi connectivity index (χ0n) is 15.7. The van der Waals surface area contributed by atoms with Crippen LogP contribution in [0.3, 0.4) is 0 Å². The number of carboxylic acids is 1. The van der Waals surface area contributed by atoms with E-state index in [9.17, 15) is 14.4 Å². The molecule has 0 aromatic heterocycles. The van der Waals surface area contributed by atoms with Crippen molar-refractivity contribution >= 4 is 29.5 Å². The smallest absolute Gasteiger partial charge is 0.328 e. The van der Waals surface area contributed by atoms with Gasteiger partial charge < -0.3 is 9.84 Å².